The molecule has 0 radical (unpaired) electrons. The summed E-state index contributed by atoms with van der Waals surface area (Å²) in [5.74, 6) is -1.81. The third kappa shape index (κ3) is 4.27. The van der Waals surface area contributed by atoms with Crippen LogP contribution in [0.4, 0.5) is 11.4 Å². The average Bonchev–Trinajstić information content (AvgIpc) is 2.73. The highest BCUT2D eigenvalue weighted by molar-refractivity contribution is 6.48. The average molecular weight is 393 g/mol. The van der Waals surface area contributed by atoms with Gasteiger partial charge in [-0.3, -0.25) is 14.4 Å². The Balaban J connectivity index is 1.83. The Bertz CT molecular complexity index is 1020. The van der Waals surface area contributed by atoms with Gasteiger partial charge < -0.3 is 10.2 Å². The number of benzene rings is 3. The Morgan fingerprint density at radius 3 is 2.11 bits per heavy atom. The van der Waals surface area contributed by atoms with E-state index >= 15 is 0 Å². The molecule has 6 heteroatoms. The Morgan fingerprint density at radius 1 is 0.821 bits per heavy atom. The molecular weight excluding hydrogens is 376 g/mol. The van der Waals surface area contributed by atoms with Crippen molar-refractivity contribution in [1.82, 2.24) is 0 Å². The zero-order valence-corrected chi connectivity index (χ0v) is 15.8. The van der Waals surface area contributed by atoms with E-state index in [0.717, 1.165) is 0 Å². The lowest BCUT2D eigenvalue weighted by molar-refractivity contribution is -0.114. The van der Waals surface area contributed by atoms with Crippen LogP contribution < -0.4 is 10.2 Å². The van der Waals surface area contributed by atoms with Gasteiger partial charge in [-0.2, -0.15) is 0 Å². The van der Waals surface area contributed by atoms with Gasteiger partial charge in [-0.05, 0) is 48.5 Å². The molecule has 28 heavy (non-hydrogen) atoms. The van der Waals surface area contributed by atoms with E-state index in [4.69, 9.17) is 11.6 Å². The molecule has 3 aromatic carbocycles. The van der Waals surface area contributed by atoms with Gasteiger partial charge in [0.05, 0.1) is 11.3 Å². The van der Waals surface area contributed by atoms with Gasteiger partial charge in [-0.25, -0.2) is 0 Å². The van der Waals surface area contributed by atoms with E-state index < -0.39 is 17.6 Å². The van der Waals surface area contributed by atoms with Crippen molar-refractivity contribution in [3.8, 4) is 0 Å². The number of carbonyl (C=O) groups excluding carboxylic acids is 3. The molecule has 0 atom stereocenters. The van der Waals surface area contributed by atoms with Crippen molar-refractivity contribution < 1.29 is 14.4 Å². The van der Waals surface area contributed by atoms with Gasteiger partial charge in [0, 0.05) is 23.3 Å². The second-order valence-electron chi connectivity index (χ2n) is 6.04. The topological polar surface area (TPSA) is 66.5 Å². The van der Waals surface area contributed by atoms with E-state index in [-0.39, 0.29) is 11.3 Å². The maximum Gasteiger partial charge on any atom is 0.299 e. The predicted molar refractivity (Wildman–Crippen MR) is 110 cm³/mol. The summed E-state index contributed by atoms with van der Waals surface area (Å²) in [5, 5.41) is 3.20. The fourth-order valence-corrected chi connectivity index (χ4v) is 2.75. The molecule has 0 bridgehead atoms. The molecule has 1 N–H and O–H groups in total. The molecule has 0 spiro atoms. The van der Waals surface area contributed by atoms with Crippen LogP contribution in [-0.4, -0.2) is 24.6 Å². The number of likely N-dealkylation sites (N-methyl/N-ethyl adjacent to an activating group) is 1. The first-order chi connectivity index (χ1) is 13.5. The number of Topliss-reactive ketones (excluding diaryl/α,β-unsaturated/α-hetero) is 1. The number of nitrogens with zero attached hydrogens (tertiary/aromatic N) is 1. The summed E-state index contributed by atoms with van der Waals surface area (Å²) in [6.45, 7) is 0. The molecular formula is C22H17ClN2O3. The lowest BCUT2D eigenvalue weighted by Crippen LogP contribution is -2.33. The molecule has 140 valence electrons. The highest BCUT2D eigenvalue weighted by atomic mass is 35.5. The minimum Gasteiger partial charge on any atom is -0.321 e. The first kappa shape index (κ1) is 19.3. The van der Waals surface area contributed by atoms with Crippen LogP contribution in [0, 0.1) is 0 Å². The second kappa shape index (κ2) is 8.50. The zero-order valence-electron chi connectivity index (χ0n) is 15.1. The van der Waals surface area contributed by atoms with Crippen LogP contribution in [0.1, 0.15) is 20.7 Å². The van der Waals surface area contributed by atoms with E-state index in [1.54, 1.807) is 66.7 Å². The van der Waals surface area contributed by atoms with Crippen LogP contribution >= 0.6 is 11.6 Å². The molecule has 0 heterocycles. The maximum absolute atomic E-state index is 12.8. The normalized spacial score (nSPS) is 10.2. The monoisotopic (exact) mass is 392 g/mol. The number of amides is 2. The van der Waals surface area contributed by atoms with Crippen LogP contribution in [0.2, 0.25) is 5.02 Å². The van der Waals surface area contributed by atoms with E-state index in [2.05, 4.69) is 5.32 Å². The van der Waals surface area contributed by atoms with Gasteiger partial charge in [-0.1, -0.05) is 41.9 Å². The van der Waals surface area contributed by atoms with E-state index in [1.807, 2.05) is 6.07 Å². The summed E-state index contributed by atoms with van der Waals surface area (Å²) in [5.41, 5.74) is 1.38. The number of para-hydroxylation sites is 2. The summed E-state index contributed by atoms with van der Waals surface area (Å²) in [6, 6.07) is 21.6. The summed E-state index contributed by atoms with van der Waals surface area (Å²) >= 11 is 5.84. The molecule has 0 saturated carbocycles. The largest absolute Gasteiger partial charge is 0.321 e. The first-order valence-electron chi connectivity index (χ1n) is 8.51. The highest BCUT2D eigenvalue weighted by Gasteiger charge is 2.24. The highest BCUT2D eigenvalue weighted by Crippen LogP contribution is 2.20. The number of carbonyl (C=O) groups is 3. The molecule has 0 aliphatic rings. The van der Waals surface area contributed by atoms with E-state index in [1.165, 1.54) is 18.0 Å². The van der Waals surface area contributed by atoms with Crippen molar-refractivity contribution in [1.29, 1.82) is 0 Å². The van der Waals surface area contributed by atoms with Crippen molar-refractivity contribution in [2.75, 3.05) is 17.3 Å². The minimum absolute atomic E-state index is 0.123. The minimum atomic E-state index is -0.710. The summed E-state index contributed by atoms with van der Waals surface area (Å²) in [6.07, 6.45) is 0. The quantitative estimate of drug-likeness (QED) is 0.515. The molecule has 3 rings (SSSR count). The Hall–Kier alpha value is -3.44. The van der Waals surface area contributed by atoms with Crippen LogP contribution in [0.3, 0.4) is 0 Å². The molecule has 0 aromatic heterocycles. The Labute approximate surface area is 167 Å². The van der Waals surface area contributed by atoms with Gasteiger partial charge in [0.1, 0.15) is 0 Å². The predicted octanol–water partition coefficient (Wildman–Crippen LogP) is 4.44. The van der Waals surface area contributed by atoms with Crippen molar-refractivity contribution in [2.24, 2.45) is 0 Å². The lowest BCUT2D eigenvalue weighted by Gasteiger charge is -2.17. The second-order valence-corrected chi connectivity index (χ2v) is 6.47. The van der Waals surface area contributed by atoms with Crippen molar-refractivity contribution in [3.63, 3.8) is 0 Å². The van der Waals surface area contributed by atoms with E-state index in [0.29, 0.717) is 16.3 Å². The van der Waals surface area contributed by atoms with Gasteiger partial charge in [0.15, 0.2) is 0 Å². The lowest BCUT2D eigenvalue weighted by atomic mass is 10.1. The molecule has 0 aliphatic heterocycles. The van der Waals surface area contributed by atoms with Crippen LogP contribution in [0.5, 0.6) is 0 Å². The Kier molecular flexibility index (Phi) is 5.87. The molecule has 3 aromatic rings. The fourth-order valence-electron chi connectivity index (χ4n) is 2.62. The Morgan fingerprint density at radius 2 is 1.43 bits per heavy atom. The number of hydrogen-bond donors (Lipinski definition) is 1. The smallest absolute Gasteiger partial charge is 0.299 e. The van der Waals surface area contributed by atoms with Crippen molar-refractivity contribution in [2.45, 2.75) is 0 Å². The number of nitrogens with one attached hydrogen (secondary N) is 1. The third-order valence-electron chi connectivity index (χ3n) is 4.17. The number of halogens is 1. The summed E-state index contributed by atoms with van der Waals surface area (Å²) in [4.78, 5) is 39.2. The third-order valence-corrected chi connectivity index (χ3v) is 4.42. The van der Waals surface area contributed by atoms with Crippen LogP contribution in [0.25, 0.3) is 0 Å². The molecule has 0 unspecified atom stereocenters. The number of ketones is 1. The molecule has 0 saturated heterocycles. The summed E-state index contributed by atoms with van der Waals surface area (Å²) in [7, 11) is 1.53. The number of rotatable bonds is 5. The molecule has 5 nitrogen and oxygen atoms in total. The van der Waals surface area contributed by atoms with Crippen molar-refractivity contribution in [3.05, 3.63) is 95.0 Å². The molecule has 2 amide bonds. The number of anilines is 2. The molecule has 0 aliphatic carbocycles. The van der Waals surface area contributed by atoms with Gasteiger partial charge >= 0.3 is 0 Å². The first-order valence-corrected chi connectivity index (χ1v) is 8.88. The van der Waals surface area contributed by atoms with Crippen molar-refractivity contribution >= 4 is 40.6 Å². The maximum atomic E-state index is 12.8. The van der Waals surface area contributed by atoms with E-state index in [9.17, 15) is 14.4 Å². The van der Waals surface area contributed by atoms with Crippen LogP contribution in [-0.2, 0) is 4.79 Å². The molecule has 0 fully saturated rings. The zero-order chi connectivity index (χ0) is 20.1. The number of hydrogen-bond acceptors (Lipinski definition) is 3. The SMILES string of the molecule is CN(C(=O)C(=O)c1ccccc1NC(=O)c1ccc(Cl)cc1)c1ccccc1. The van der Waals surface area contributed by atoms with Gasteiger partial charge in [0.25, 0.3) is 17.6 Å². The van der Waals surface area contributed by atoms with Crippen LogP contribution in [0.15, 0.2) is 78.9 Å². The van der Waals surface area contributed by atoms with Gasteiger partial charge in [0.2, 0.25) is 0 Å². The van der Waals surface area contributed by atoms with Gasteiger partial charge in [-0.15, -0.1) is 0 Å². The summed E-state index contributed by atoms with van der Waals surface area (Å²) < 4.78 is 0. The fraction of sp³-hybridized carbons (Fsp3) is 0.0455. The standard InChI is InChI=1S/C22H17ClN2O3/c1-25(17-7-3-2-4-8-17)22(28)20(26)18-9-5-6-10-19(18)24-21(27)15-11-13-16(23)14-12-15/h2-14H,1H3,(H,24,27).